The van der Waals surface area contributed by atoms with E-state index in [1.807, 2.05) is 0 Å². The second kappa shape index (κ2) is 6.45. The average Bonchev–Trinajstić information content (AvgIpc) is 2.26. The fourth-order valence-electron chi connectivity index (χ4n) is 1.03. The van der Waals surface area contributed by atoms with E-state index in [1.165, 1.54) is 19.2 Å². The topological polar surface area (TPSA) is 26.3 Å². The lowest BCUT2D eigenvalue weighted by molar-refractivity contribution is -0.140. The van der Waals surface area contributed by atoms with E-state index < -0.39 is 0 Å². The number of rotatable bonds is 5. The first kappa shape index (κ1) is 12.0. The van der Waals surface area contributed by atoms with Gasteiger partial charge in [-0.2, -0.15) is 11.8 Å². The zero-order chi connectivity index (χ0) is 11.1. The van der Waals surface area contributed by atoms with Crippen LogP contribution in [0.1, 0.15) is 12.0 Å². The number of methoxy groups -OCH3 is 1. The molecule has 0 aromatic heterocycles. The van der Waals surface area contributed by atoms with Gasteiger partial charge >= 0.3 is 5.97 Å². The van der Waals surface area contributed by atoms with Crippen molar-refractivity contribution in [1.82, 2.24) is 0 Å². The molecule has 1 aromatic carbocycles. The van der Waals surface area contributed by atoms with Crippen LogP contribution in [0.15, 0.2) is 24.3 Å². The maximum absolute atomic E-state index is 12.6. The Morgan fingerprint density at radius 3 is 2.67 bits per heavy atom. The molecule has 0 atom stereocenters. The minimum Gasteiger partial charge on any atom is -0.469 e. The lowest BCUT2D eigenvalue weighted by Crippen LogP contribution is -2.01. The highest BCUT2D eigenvalue weighted by Gasteiger charge is 2.00. The molecule has 0 heterocycles. The Kier molecular flexibility index (Phi) is 5.18. The lowest BCUT2D eigenvalue weighted by Gasteiger charge is -2.01. The van der Waals surface area contributed by atoms with Crippen LogP contribution in [0, 0.1) is 5.82 Å². The normalized spacial score (nSPS) is 10.0. The van der Waals surface area contributed by atoms with E-state index in [-0.39, 0.29) is 11.8 Å². The Labute approximate surface area is 92.8 Å². The third kappa shape index (κ3) is 4.83. The Bertz CT molecular complexity index is 311. The van der Waals surface area contributed by atoms with E-state index in [0.717, 1.165) is 17.1 Å². The Balaban J connectivity index is 2.20. The number of benzene rings is 1. The lowest BCUT2D eigenvalue weighted by atomic mass is 10.2. The summed E-state index contributed by atoms with van der Waals surface area (Å²) in [5.74, 6) is 1.10. The summed E-state index contributed by atoms with van der Waals surface area (Å²) >= 11 is 1.63. The number of hydrogen-bond acceptors (Lipinski definition) is 3. The number of hydrogen-bond donors (Lipinski definition) is 0. The predicted molar refractivity (Wildman–Crippen MR) is 59.2 cm³/mol. The molecule has 0 bridgehead atoms. The van der Waals surface area contributed by atoms with Crippen molar-refractivity contribution in [3.63, 3.8) is 0 Å². The largest absolute Gasteiger partial charge is 0.469 e. The summed E-state index contributed by atoms with van der Waals surface area (Å²) in [6.45, 7) is 0. The average molecular weight is 228 g/mol. The van der Waals surface area contributed by atoms with Crippen LogP contribution in [0.4, 0.5) is 4.39 Å². The highest BCUT2D eigenvalue weighted by atomic mass is 32.2. The molecule has 0 aliphatic carbocycles. The van der Waals surface area contributed by atoms with Crippen molar-refractivity contribution < 1.29 is 13.9 Å². The second-order valence-corrected chi connectivity index (χ2v) is 4.11. The van der Waals surface area contributed by atoms with Crippen LogP contribution in [0.5, 0.6) is 0 Å². The third-order valence-electron chi connectivity index (χ3n) is 1.86. The number of carbonyl (C=O) groups is 1. The van der Waals surface area contributed by atoms with E-state index in [4.69, 9.17) is 0 Å². The van der Waals surface area contributed by atoms with Crippen LogP contribution in [0.2, 0.25) is 0 Å². The van der Waals surface area contributed by atoms with Gasteiger partial charge in [0.2, 0.25) is 0 Å². The highest BCUT2D eigenvalue weighted by molar-refractivity contribution is 7.98. The van der Waals surface area contributed by atoms with Gasteiger partial charge in [-0.25, -0.2) is 4.39 Å². The number of thioether (sulfide) groups is 1. The molecule has 0 saturated heterocycles. The minimum absolute atomic E-state index is 0.193. The summed E-state index contributed by atoms with van der Waals surface area (Å²) < 4.78 is 17.1. The standard InChI is InChI=1S/C11H13FO2S/c1-14-11(13)6-7-15-8-9-2-4-10(12)5-3-9/h2-5H,6-8H2,1H3. The molecule has 0 radical (unpaired) electrons. The second-order valence-electron chi connectivity index (χ2n) is 3.01. The van der Waals surface area contributed by atoms with Crippen LogP contribution in [0.3, 0.4) is 0 Å². The van der Waals surface area contributed by atoms with Gasteiger partial charge in [0.25, 0.3) is 0 Å². The molecular formula is C11H13FO2S. The van der Waals surface area contributed by atoms with Crippen molar-refractivity contribution in [1.29, 1.82) is 0 Å². The molecule has 1 aromatic rings. The summed E-state index contributed by atoms with van der Waals surface area (Å²) in [5.41, 5.74) is 1.06. The zero-order valence-electron chi connectivity index (χ0n) is 8.53. The number of carbonyl (C=O) groups excluding carboxylic acids is 1. The van der Waals surface area contributed by atoms with Gasteiger partial charge in [-0.15, -0.1) is 0 Å². The fourth-order valence-corrected chi connectivity index (χ4v) is 1.91. The minimum atomic E-state index is -0.224. The molecular weight excluding hydrogens is 215 g/mol. The van der Waals surface area contributed by atoms with Crippen molar-refractivity contribution in [3.8, 4) is 0 Å². The quantitative estimate of drug-likeness (QED) is 0.572. The van der Waals surface area contributed by atoms with Gasteiger partial charge in [0.1, 0.15) is 5.82 Å². The molecule has 1 rings (SSSR count). The van der Waals surface area contributed by atoms with Gasteiger partial charge in [-0.05, 0) is 17.7 Å². The van der Waals surface area contributed by atoms with Gasteiger partial charge in [0, 0.05) is 11.5 Å². The van der Waals surface area contributed by atoms with Crippen LogP contribution < -0.4 is 0 Å². The number of ether oxygens (including phenoxy) is 1. The monoisotopic (exact) mass is 228 g/mol. The van der Waals surface area contributed by atoms with Crippen LogP contribution in [-0.2, 0) is 15.3 Å². The molecule has 0 saturated carbocycles. The van der Waals surface area contributed by atoms with Gasteiger partial charge in [-0.1, -0.05) is 12.1 Å². The summed E-state index contributed by atoms with van der Waals surface area (Å²) in [6, 6.07) is 6.38. The van der Waals surface area contributed by atoms with Crippen molar-refractivity contribution >= 4 is 17.7 Å². The van der Waals surface area contributed by atoms with Crippen LogP contribution in [0.25, 0.3) is 0 Å². The van der Waals surface area contributed by atoms with E-state index in [0.29, 0.717) is 6.42 Å². The first-order chi connectivity index (χ1) is 7.22. The molecule has 0 aliphatic heterocycles. The van der Waals surface area contributed by atoms with Crippen molar-refractivity contribution in [2.45, 2.75) is 12.2 Å². The van der Waals surface area contributed by atoms with E-state index >= 15 is 0 Å². The van der Waals surface area contributed by atoms with Crippen LogP contribution in [-0.4, -0.2) is 18.8 Å². The van der Waals surface area contributed by atoms with Crippen molar-refractivity contribution in [3.05, 3.63) is 35.6 Å². The predicted octanol–water partition coefficient (Wildman–Crippen LogP) is 2.62. The molecule has 82 valence electrons. The van der Waals surface area contributed by atoms with Gasteiger partial charge in [0.05, 0.1) is 13.5 Å². The van der Waals surface area contributed by atoms with Gasteiger partial charge in [-0.3, -0.25) is 4.79 Å². The van der Waals surface area contributed by atoms with Crippen molar-refractivity contribution in [2.75, 3.05) is 12.9 Å². The SMILES string of the molecule is COC(=O)CCSCc1ccc(F)cc1. The Morgan fingerprint density at radius 1 is 1.40 bits per heavy atom. The number of esters is 1. The van der Waals surface area contributed by atoms with Gasteiger partial charge in [0.15, 0.2) is 0 Å². The summed E-state index contributed by atoms with van der Waals surface area (Å²) in [7, 11) is 1.38. The summed E-state index contributed by atoms with van der Waals surface area (Å²) in [6.07, 6.45) is 0.419. The molecule has 4 heteroatoms. The number of halogens is 1. The fraction of sp³-hybridized carbons (Fsp3) is 0.364. The maximum Gasteiger partial charge on any atom is 0.306 e. The van der Waals surface area contributed by atoms with E-state index in [9.17, 15) is 9.18 Å². The Morgan fingerprint density at radius 2 is 2.07 bits per heavy atom. The van der Waals surface area contributed by atoms with E-state index in [2.05, 4.69) is 4.74 Å². The highest BCUT2D eigenvalue weighted by Crippen LogP contribution is 2.13. The maximum atomic E-state index is 12.6. The molecule has 0 unspecified atom stereocenters. The molecule has 0 fully saturated rings. The van der Waals surface area contributed by atoms with Crippen LogP contribution >= 0.6 is 11.8 Å². The molecule has 0 aliphatic rings. The first-order valence-corrected chi connectivity index (χ1v) is 5.77. The molecule has 2 nitrogen and oxygen atoms in total. The molecule has 15 heavy (non-hydrogen) atoms. The molecule has 0 amide bonds. The summed E-state index contributed by atoms with van der Waals surface area (Å²) in [4.78, 5) is 10.8. The van der Waals surface area contributed by atoms with E-state index in [1.54, 1.807) is 23.9 Å². The molecule has 0 N–H and O–H groups in total. The summed E-state index contributed by atoms with van der Waals surface area (Å²) in [5, 5.41) is 0. The first-order valence-electron chi connectivity index (χ1n) is 4.61. The van der Waals surface area contributed by atoms with Crippen molar-refractivity contribution in [2.24, 2.45) is 0 Å². The van der Waals surface area contributed by atoms with Gasteiger partial charge < -0.3 is 4.74 Å². The Hall–Kier alpha value is -1.03. The molecule has 0 spiro atoms. The third-order valence-corrected chi connectivity index (χ3v) is 2.89. The zero-order valence-corrected chi connectivity index (χ0v) is 9.35. The smallest absolute Gasteiger partial charge is 0.306 e.